The standard InChI is InChI=1S/C22H25F3O3/c23-22(24,25)19(16-28-20-13-7-8-14-27-20)15-21(26,17-9-3-1-4-10-17)18-11-5-2-6-12-18/h1-6,9-12,19-20,26H,7-8,13-16H2. The first-order valence-corrected chi connectivity index (χ1v) is 9.53. The molecule has 1 N–H and O–H groups in total. The summed E-state index contributed by atoms with van der Waals surface area (Å²) < 4.78 is 52.2. The molecule has 0 radical (unpaired) electrons. The van der Waals surface area contributed by atoms with Gasteiger partial charge in [0, 0.05) is 6.61 Å². The van der Waals surface area contributed by atoms with Crippen molar-refractivity contribution in [2.45, 2.75) is 43.8 Å². The van der Waals surface area contributed by atoms with Crippen molar-refractivity contribution in [2.24, 2.45) is 5.92 Å². The Hall–Kier alpha value is -1.89. The Bertz CT molecular complexity index is 673. The van der Waals surface area contributed by atoms with E-state index in [1.165, 1.54) is 0 Å². The van der Waals surface area contributed by atoms with E-state index in [0.717, 1.165) is 12.8 Å². The van der Waals surface area contributed by atoms with Crippen LogP contribution in [0, 0.1) is 5.92 Å². The van der Waals surface area contributed by atoms with Gasteiger partial charge in [-0.05, 0) is 36.8 Å². The molecule has 28 heavy (non-hydrogen) atoms. The summed E-state index contributed by atoms with van der Waals surface area (Å²) >= 11 is 0. The molecule has 0 saturated carbocycles. The van der Waals surface area contributed by atoms with Gasteiger partial charge in [-0.1, -0.05) is 60.7 Å². The highest BCUT2D eigenvalue weighted by molar-refractivity contribution is 5.36. The number of hydrogen-bond acceptors (Lipinski definition) is 3. The van der Waals surface area contributed by atoms with Crippen LogP contribution in [0.2, 0.25) is 0 Å². The molecule has 0 bridgehead atoms. The lowest BCUT2D eigenvalue weighted by atomic mass is 9.79. The fourth-order valence-electron chi connectivity index (χ4n) is 3.52. The van der Waals surface area contributed by atoms with Gasteiger partial charge in [0.25, 0.3) is 0 Å². The van der Waals surface area contributed by atoms with Gasteiger partial charge in [-0.2, -0.15) is 13.2 Å². The second-order valence-electron chi connectivity index (χ2n) is 7.16. The van der Waals surface area contributed by atoms with Crippen molar-refractivity contribution in [1.82, 2.24) is 0 Å². The predicted molar refractivity (Wildman–Crippen MR) is 99.6 cm³/mol. The second-order valence-corrected chi connectivity index (χ2v) is 7.16. The largest absolute Gasteiger partial charge is 0.394 e. The van der Waals surface area contributed by atoms with Crippen LogP contribution in [0.15, 0.2) is 60.7 Å². The first-order valence-electron chi connectivity index (χ1n) is 9.53. The van der Waals surface area contributed by atoms with E-state index < -0.39 is 37.0 Å². The molecule has 0 amide bonds. The van der Waals surface area contributed by atoms with Crippen molar-refractivity contribution < 1.29 is 27.8 Å². The SMILES string of the molecule is OC(CC(COC1CCCCO1)C(F)(F)F)(c1ccccc1)c1ccccc1. The second kappa shape index (κ2) is 9.07. The van der Waals surface area contributed by atoms with Gasteiger partial charge in [-0.15, -0.1) is 0 Å². The Balaban J connectivity index is 1.85. The van der Waals surface area contributed by atoms with Crippen molar-refractivity contribution in [3.05, 3.63) is 71.8 Å². The number of halogens is 3. The number of ether oxygens (including phenoxy) is 2. The normalized spacial score (nSPS) is 19.4. The highest BCUT2D eigenvalue weighted by Crippen LogP contribution is 2.41. The lowest BCUT2D eigenvalue weighted by molar-refractivity contribution is -0.230. The monoisotopic (exact) mass is 394 g/mol. The zero-order chi connectivity index (χ0) is 20.0. The van der Waals surface area contributed by atoms with Gasteiger partial charge < -0.3 is 14.6 Å². The smallest absolute Gasteiger partial charge is 0.380 e. The van der Waals surface area contributed by atoms with Gasteiger partial charge in [-0.25, -0.2) is 0 Å². The van der Waals surface area contributed by atoms with Crippen LogP contribution in [-0.2, 0) is 15.1 Å². The van der Waals surface area contributed by atoms with Crippen LogP contribution in [0.3, 0.4) is 0 Å². The molecule has 1 heterocycles. The van der Waals surface area contributed by atoms with E-state index in [0.29, 0.717) is 24.2 Å². The summed E-state index contributed by atoms with van der Waals surface area (Å²) in [6.07, 6.45) is -3.29. The summed E-state index contributed by atoms with van der Waals surface area (Å²) in [7, 11) is 0. The number of hydrogen-bond donors (Lipinski definition) is 1. The number of benzene rings is 2. The highest BCUT2D eigenvalue weighted by atomic mass is 19.4. The van der Waals surface area contributed by atoms with Gasteiger partial charge in [-0.3, -0.25) is 0 Å². The summed E-state index contributed by atoms with van der Waals surface area (Å²) in [5, 5.41) is 11.4. The van der Waals surface area contributed by atoms with Gasteiger partial charge in [0.2, 0.25) is 0 Å². The molecule has 1 aliphatic rings. The molecule has 2 unspecified atom stereocenters. The van der Waals surface area contributed by atoms with E-state index >= 15 is 0 Å². The lowest BCUT2D eigenvalue weighted by Gasteiger charge is -2.34. The van der Waals surface area contributed by atoms with Crippen molar-refractivity contribution in [3.63, 3.8) is 0 Å². The maximum Gasteiger partial charge on any atom is 0.394 e. The third-order valence-electron chi connectivity index (χ3n) is 5.13. The molecule has 152 valence electrons. The van der Waals surface area contributed by atoms with Crippen LogP contribution >= 0.6 is 0 Å². The Kier molecular flexibility index (Phi) is 6.75. The van der Waals surface area contributed by atoms with E-state index in [-0.39, 0.29) is 0 Å². The Labute approximate surface area is 163 Å². The Morgan fingerprint density at radius 2 is 1.54 bits per heavy atom. The maximum absolute atomic E-state index is 13.8. The molecule has 0 spiro atoms. The van der Waals surface area contributed by atoms with Crippen LogP contribution in [0.4, 0.5) is 13.2 Å². The molecular formula is C22H25F3O3. The summed E-state index contributed by atoms with van der Waals surface area (Å²) in [5.74, 6) is -1.83. The summed E-state index contributed by atoms with van der Waals surface area (Å²) in [6, 6.07) is 16.9. The molecule has 2 aromatic rings. The topological polar surface area (TPSA) is 38.7 Å². The number of aliphatic hydroxyl groups is 1. The first-order chi connectivity index (χ1) is 13.4. The van der Waals surface area contributed by atoms with Crippen LogP contribution in [0.25, 0.3) is 0 Å². The van der Waals surface area contributed by atoms with Crippen molar-refractivity contribution in [1.29, 1.82) is 0 Å². The lowest BCUT2D eigenvalue weighted by Crippen LogP contribution is -2.39. The number of rotatable bonds is 7. The van der Waals surface area contributed by atoms with Gasteiger partial charge in [0.15, 0.2) is 6.29 Å². The third-order valence-corrected chi connectivity index (χ3v) is 5.13. The third kappa shape index (κ3) is 5.13. The van der Waals surface area contributed by atoms with E-state index in [2.05, 4.69) is 0 Å². The Morgan fingerprint density at radius 1 is 0.964 bits per heavy atom. The molecule has 2 aromatic carbocycles. The van der Waals surface area contributed by atoms with Gasteiger partial charge in [0.05, 0.1) is 12.5 Å². The molecule has 6 heteroatoms. The van der Waals surface area contributed by atoms with Crippen LogP contribution in [-0.4, -0.2) is 30.8 Å². The molecular weight excluding hydrogens is 369 g/mol. The van der Waals surface area contributed by atoms with Crippen LogP contribution in [0.1, 0.15) is 36.8 Å². The van der Waals surface area contributed by atoms with Gasteiger partial charge >= 0.3 is 6.18 Å². The summed E-state index contributed by atoms with van der Waals surface area (Å²) in [6.45, 7) is -0.0462. The van der Waals surface area contributed by atoms with Crippen molar-refractivity contribution in [2.75, 3.05) is 13.2 Å². The van der Waals surface area contributed by atoms with Crippen LogP contribution < -0.4 is 0 Å². The molecule has 3 nitrogen and oxygen atoms in total. The minimum absolute atomic E-state index is 0.421. The van der Waals surface area contributed by atoms with Crippen molar-refractivity contribution >= 4 is 0 Å². The summed E-state index contributed by atoms with van der Waals surface area (Å²) in [4.78, 5) is 0. The molecule has 1 aliphatic heterocycles. The molecule has 3 rings (SSSR count). The zero-order valence-electron chi connectivity index (χ0n) is 15.6. The fraction of sp³-hybridized carbons (Fsp3) is 0.455. The molecule has 2 atom stereocenters. The van der Waals surface area contributed by atoms with Crippen molar-refractivity contribution in [3.8, 4) is 0 Å². The van der Waals surface area contributed by atoms with E-state index in [9.17, 15) is 18.3 Å². The molecule has 0 aromatic heterocycles. The fourth-order valence-corrected chi connectivity index (χ4v) is 3.52. The van der Waals surface area contributed by atoms with E-state index in [4.69, 9.17) is 9.47 Å². The maximum atomic E-state index is 13.8. The highest BCUT2D eigenvalue weighted by Gasteiger charge is 2.46. The minimum atomic E-state index is -4.51. The molecule has 1 saturated heterocycles. The minimum Gasteiger partial charge on any atom is -0.380 e. The van der Waals surface area contributed by atoms with Crippen LogP contribution in [0.5, 0.6) is 0 Å². The zero-order valence-corrected chi connectivity index (χ0v) is 15.6. The average molecular weight is 394 g/mol. The quantitative estimate of drug-likeness (QED) is 0.716. The average Bonchev–Trinajstić information content (AvgIpc) is 2.72. The Morgan fingerprint density at radius 3 is 2.00 bits per heavy atom. The predicted octanol–water partition coefficient (Wildman–Crippen LogP) is 5.03. The number of alkyl halides is 3. The van der Waals surface area contributed by atoms with E-state index in [1.54, 1.807) is 60.7 Å². The summed E-state index contributed by atoms with van der Waals surface area (Å²) in [5.41, 5.74) is -0.937. The van der Waals surface area contributed by atoms with E-state index in [1.807, 2.05) is 0 Å². The molecule has 0 aliphatic carbocycles. The molecule has 1 fully saturated rings. The first kappa shape index (κ1) is 20.8. The van der Waals surface area contributed by atoms with Gasteiger partial charge in [0.1, 0.15) is 5.60 Å².